The van der Waals surface area contributed by atoms with Crippen LogP contribution < -0.4 is 10.6 Å². The zero-order valence-corrected chi connectivity index (χ0v) is 12.9. The van der Waals surface area contributed by atoms with Crippen molar-refractivity contribution >= 4 is 29.1 Å². The summed E-state index contributed by atoms with van der Waals surface area (Å²) in [6.45, 7) is 1.93. The zero-order chi connectivity index (χ0) is 13.1. The van der Waals surface area contributed by atoms with E-state index in [0.29, 0.717) is 0 Å². The Kier molecular flexibility index (Phi) is 8.77. The molecule has 5 heteroatoms. The number of thioether (sulfide) groups is 1. The second kappa shape index (κ2) is 10.3. The van der Waals surface area contributed by atoms with Crippen molar-refractivity contribution in [1.82, 2.24) is 10.6 Å². The van der Waals surface area contributed by atoms with Crippen molar-refractivity contribution < 1.29 is 0 Å². The van der Waals surface area contributed by atoms with Gasteiger partial charge in [-0.25, -0.2) is 0 Å². The summed E-state index contributed by atoms with van der Waals surface area (Å²) in [5.74, 6) is 2.15. The molecular formula is C13H23N3S2. The molecule has 1 rings (SSSR count). The summed E-state index contributed by atoms with van der Waals surface area (Å²) in [4.78, 5) is 5.63. The van der Waals surface area contributed by atoms with Crippen LogP contribution in [0.15, 0.2) is 22.5 Å². The first-order valence-corrected chi connectivity index (χ1v) is 8.60. The van der Waals surface area contributed by atoms with E-state index in [1.54, 1.807) is 11.3 Å². The molecule has 1 aromatic heterocycles. The quantitative estimate of drug-likeness (QED) is 0.438. The van der Waals surface area contributed by atoms with Gasteiger partial charge in [0.1, 0.15) is 0 Å². The number of hydrogen-bond donors (Lipinski definition) is 2. The molecule has 1 aromatic rings. The Balaban J connectivity index is 2.06. The van der Waals surface area contributed by atoms with Crippen molar-refractivity contribution in [2.75, 3.05) is 32.1 Å². The fourth-order valence-electron chi connectivity index (χ4n) is 1.56. The van der Waals surface area contributed by atoms with Crippen LogP contribution in [0.5, 0.6) is 0 Å². The van der Waals surface area contributed by atoms with E-state index >= 15 is 0 Å². The zero-order valence-electron chi connectivity index (χ0n) is 11.2. The van der Waals surface area contributed by atoms with E-state index in [9.17, 15) is 0 Å². The molecule has 0 amide bonds. The first-order valence-electron chi connectivity index (χ1n) is 6.32. The minimum atomic E-state index is 0.913. The van der Waals surface area contributed by atoms with E-state index in [1.165, 1.54) is 23.5 Å². The van der Waals surface area contributed by atoms with Crippen molar-refractivity contribution in [3.8, 4) is 0 Å². The Labute approximate surface area is 118 Å². The van der Waals surface area contributed by atoms with Gasteiger partial charge in [0, 0.05) is 25.0 Å². The summed E-state index contributed by atoms with van der Waals surface area (Å²) < 4.78 is 0. The predicted molar refractivity (Wildman–Crippen MR) is 85.0 cm³/mol. The van der Waals surface area contributed by atoms with Crippen LogP contribution in [0.2, 0.25) is 0 Å². The van der Waals surface area contributed by atoms with Crippen LogP contribution >= 0.6 is 23.1 Å². The smallest absolute Gasteiger partial charge is 0.190 e. The van der Waals surface area contributed by atoms with Crippen LogP contribution in [0.25, 0.3) is 0 Å². The Morgan fingerprint density at radius 3 is 2.83 bits per heavy atom. The number of rotatable bonds is 8. The van der Waals surface area contributed by atoms with Gasteiger partial charge in [0.05, 0.1) is 0 Å². The molecule has 0 unspecified atom stereocenters. The van der Waals surface area contributed by atoms with E-state index in [2.05, 4.69) is 39.4 Å². The van der Waals surface area contributed by atoms with E-state index in [4.69, 9.17) is 0 Å². The van der Waals surface area contributed by atoms with Gasteiger partial charge in [-0.15, -0.1) is 11.3 Å². The molecule has 0 atom stereocenters. The van der Waals surface area contributed by atoms with Gasteiger partial charge in [-0.3, -0.25) is 4.99 Å². The molecule has 0 fully saturated rings. The molecular weight excluding hydrogens is 262 g/mol. The highest BCUT2D eigenvalue weighted by atomic mass is 32.2. The third-order valence-corrected chi connectivity index (χ3v) is 4.17. The van der Waals surface area contributed by atoms with Crippen LogP contribution in [0.1, 0.15) is 17.7 Å². The topological polar surface area (TPSA) is 36.4 Å². The molecule has 0 saturated carbocycles. The van der Waals surface area contributed by atoms with Crippen molar-refractivity contribution in [2.24, 2.45) is 4.99 Å². The van der Waals surface area contributed by atoms with Crippen LogP contribution in [-0.2, 0) is 6.42 Å². The maximum absolute atomic E-state index is 4.22. The molecule has 0 bridgehead atoms. The Hall–Kier alpha value is -0.680. The summed E-state index contributed by atoms with van der Waals surface area (Å²) in [7, 11) is 1.82. The SMILES string of the molecule is CN=C(NCCCCSC)NCCc1cccs1. The van der Waals surface area contributed by atoms with E-state index in [0.717, 1.165) is 25.5 Å². The number of nitrogens with zero attached hydrogens (tertiary/aromatic N) is 1. The average Bonchev–Trinajstić information content (AvgIpc) is 2.89. The van der Waals surface area contributed by atoms with E-state index < -0.39 is 0 Å². The van der Waals surface area contributed by atoms with Crippen LogP contribution in [0, 0.1) is 0 Å². The monoisotopic (exact) mass is 285 g/mol. The highest BCUT2D eigenvalue weighted by Crippen LogP contribution is 2.07. The molecule has 102 valence electrons. The molecule has 0 spiro atoms. The normalized spacial score (nSPS) is 11.6. The lowest BCUT2D eigenvalue weighted by Crippen LogP contribution is -2.38. The highest BCUT2D eigenvalue weighted by Gasteiger charge is 1.97. The molecule has 1 heterocycles. The predicted octanol–water partition coefficient (Wildman–Crippen LogP) is 2.60. The summed E-state index contributed by atoms with van der Waals surface area (Å²) in [6, 6.07) is 4.27. The minimum absolute atomic E-state index is 0.913. The Bertz CT molecular complexity index is 323. The van der Waals surface area contributed by atoms with E-state index in [-0.39, 0.29) is 0 Å². The number of unbranched alkanes of at least 4 members (excludes halogenated alkanes) is 1. The second-order valence-electron chi connectivity index (χ2n) is 3.96. The number of hydrogen-bond acceptors (Lipinski definition) is 3. The van der Waals surface area contributed by atoms with Gasteiger partial charge in [0.15, 0.2) is 5.96 Å². The lowest BCUT2D eigenvalue weighted by Gasteiger charge is -2.11. The third kappa shape index (κ3) is 6.91. The van der Waals surface area contributed by atoms with Crippen LogP contribution in [0.4, 0.5) is 0 Å². The second-order valence-corrected chi connectivity index (χ2v) is 5.97. The maximum atomic E-state index is 4.22. The summed E-state index contributed by atoms with van der Waals surface area (Å²) in [6.07, 6.45) is 5.68. The van der Waals surface area contributed by atoms with Gasteiger partial charge in [0.25, 0.3) is 0 Å². The van der Waals surface area contributed by atoms with Crippen molar-refractivity contribution in [1.29, 1.82) is 0 Å². The Morgan fingerprint density at radius 1 is 1.33 bits per heavy atom. The summed E-state index contributed by atoms with van der Waals surface area (Å²) in [5.41, 5.74) is 0. The third-order valence-electron chi connectivity index (χ3n) is 2.54. The highest BCUT2D eigenvalue weighted by molar-refractivity contribution is 7.98. The first-order chi connectivity index (χ1) is 8.86. The van der Waals surface area contributed by atoms with Crippen LogP contribution in [-0.4, -0.2) is 38.1 Å². The summed E-state index contributed by atoms with van der Waals surface area (Å²) >= 11 is 3.71. The minimum Gasteiger partial charge on any atom is -0.356 e. The number of aliphatic imine (C=N–C) groups is 1. The van der Waals surface area contributed by atoms with Gasteiger partial charge >= 0.3 is 0 Å². The van der Waals surface area contributed by atoms with Crippen molar-refractivity contribution in [3.63, 3.8) is 0 Å². The first kappa shape index (κ1) is 15.4. The molecule has 0 aliphatic carbocycles. The van der Waals surface area contributed by atoms with Gasteiger partial charge in [-0.05, 0) is 42.7 Å². The molecule has 0 radical (unpaired) electrons. The fraction of sp³-hybridized carbons (Fsp3) is 0.615. The van der Waals surface area contributed by atoms with E-state index in [1.807, 2.05) is 18.8 Å². The summed E-state index contributed by atoms with van der Waals surface area (Å²) in [5, 5.41) is 8.80. The standard InChI is InChI=1S/C13H23N3S2/c1-14-13(15-8-3-4-10-17-2)16-9-7-12-6-5-11-18-12/h5-6,11H,3-4,7-10H2,1-2H3,(H2,14,15,16). The largest absolute Gasteiger partial charge is 0.356 e. The fourth-order valence-corrected chi connectivity index (χ4v) is 2.76. The molecule has 0 saturated heterocycles. The molecule has 2 N–H and O–H groups in total. The maximum Gasteiger partial charge on any atom is 0.190 e. The van der Waals surface area contributed by atoms with Crippen molar-refractivity contribution in [2.45, 2.75) is 19.3 Å². The van der Waals surface area contributed by atoms with Gasteiger partial charge in [-0.1, -0.05) is 6.07 Å². The van der Waals surface area contributed by atoms with Gasteiger partial charge in [-0.2, -0.15) is 11.8 Å². The number of guanidine groups is 1. The average molecular weight is 285 g/mol. The number of nitrogens with one attached hydrogen (secondary N) is 2. The Morgan fingerprint density at radius 2 is 2.17 bits per heavy atom. The molecule has 0 aliphatic heterocycles. The van der Waals surface area contributed by atoms with Gasteiger partial charge < -0.3 is 10.6 Å². The van der Waals surface area contributed by atoms with Crippen LogP contribution in [0.3, 0.4) is 0 Å². The number of thiophene rings is 1. The van der Waals surface area contributed by atoms with Crippen molar-refractivity contribution in [3.05, 3.63) is 22.4 Å². The molecule has 0 aliphatic rings. The van der Waals surface area contributed by atoms with Gasteiger partial charge in [0.2, 0.25) is 0 Å². The molecule has 18 heavy (non-hydrogen) atoms. The lowest BCUT2D eigenvalue weighted by atomic mass is 10.3. The molecule has 0 aromatic carbocycles. The molecule has 3 nitrogen and oxygen atoms in total. The lowest BCUT2D eigenvalue weighted by molar-refractivity contribution is 0.731.